The van der Waals surface area contributed by atoms with Crippen LogP contribution in [0.1, 0.15) is 40.0 Å². The summed E-state index contributed by atoms with van der Waals surface area (Å²) in [5.41, 5.74) is 5.47. The highest BCUT2D eigenvalue weighted by molar-refractivity contribution is 5.70. The first-order valence-electron chi connectivity index (χ1n) is 5.64. The number of ether oxygens (including phenoxy) is 1. The maximum Gasteiger partial charge on any atom is 0.410 e. The van der Waals surface area contributed by atoms with Crippen LogP contribution in [0, 0.1) is 0 Å². The second-order valence-corrected chi connectivity index (χ2v) is 5.66. The summed E-state index contributed by atoms with van der Waals surface area (Å²) in [6.45, 7) is 5.69. The van der Waals surface area contributed by atoms with Gasteiger partial charge in [-0.25, -0.2) is 4.79 Å². The van der Waals surface area contributed by atoms with E-state index in [2.05, 4.69) is 0 Å². The van der Waals surface area contributed by atoms with Crippen LogP contribution >= 0.6 is 0 Å². The van der Waals surface area contributed by atoms with E-state index in [0.29, 0.717) is 12.1 Å². The Balaban J connectivity index is 1.94. The molecule has 86 valence electrons. The second kappa shape index (κ2) is 3.37. The van der Waals surface area contributed by atoms with Gasteiger partial charge in [-0.1, -0.05) is 0 Å². The number of hydrogen-bond acceptors (Lipinski definition) is 3. The summed E-state index contributed by atoms with van der Waals surface area (Å²) in [5, 5.41) is 0. The van der Waals surface area contributed by atoms with Gasteiger partial charge in [-0.3, -0.25) is 0 Å². The van der Waals surface area contributed by atoms with Gasteiger partial charge >= 0.3 is 6.09 Å². The predicted octanol–water partition coefficient (Wildman–Crippen LogP) is 1.49. The Kier molecular flexibility index (Phi) is 2.41. The third kappa shape index (κ3) is 2.09. The zero-order valence-corrected chi connectivity index (χ0v) is 9.69. The zero-order valence-electron chi connectivity index (χ0n) is 9.69. The molecule has 3 fully saturated rings. The Bertz CT molecular complexity index is 260. The van der Waals surface area contributed by atoms with Gasteiger partial charge in [-0.2, -0.15) is 0 Å². The number of carbonyl (C=O) groups is 1. The lowest BCUT2D eigenvalue weighted by atomic mass is 9.77. The smallest absolute Gasteiger partial charge is 0.410 e. The Hall–Kier alpha value is -0.770. The summed E-state index contributed by atoms with van der Waals surface area (Å²) < 4.78 is 5.36. The molecule has 2 bridgehead atoms. The molecule has 0 spiro atoms. The number of fused-ring (bicyclic) bond motifs is 2. The molecular weight excluding hydrogens is 192 g/mol. The standard InChI is InChI=1S/C11H20N2O2/c1-11(2,3)15-10(14)13-8-4-7(12)5-9(13)6-8/h7-9H,4-6,12H2,1-3H3. The minimum atomic E-state index is -0.400. The number of rotatable bonds is 0. The van der Waals surface area contributed by atoms with Gasteiger partial charge in [0.15, 0.2) is 0 Å². The molecule has 0 aromatic carbocycles. The summed E-state index contributed by atoms with van der Waals surface area (Å²) >= 11 is 0. The lowest BCUT2D eigenvalue weighted by molar-refractivity contribution is -0.0554. The molecule has 3 rings (SSSR count). The molecule has 0 aromatic heterocycles. The maximum atomic E-state index is 11.8. The summed E-state index contributed by atoms with van der Waals surface area (Å²) in [4.78, 5) is 13.7. The fraction of sp³-hybridized carbons (Fsp3) is 0.909. The predicted molar refractivity (Wildman–Crippen MR) is 57.5 cm³/mol. The van der Waals surface area contributed by atoms with E-state index in [1.807, 2.05) is 25.7 Å². The van der Waals surface area contributed by atoms with Crippen LogP contribution in [0.15, 0.2) is 0 Å². The molecule has 15 heavy (non-hydrogen) atoms. The number of nitrogens with zero attached hydrogens (tertiary/aromatic N) is 1. The van der Waals surface area contributed by atoms with Crippen LogP contribution < -0.4 is 5.73 Å². The fourth-order valence-corrected chi connectivity index (χ4v) is 2.53. The summed E-state index contributed by atoms with van der Waals surface area (Å²) in [6.07, 6.45) is 2.79. The van der Waals surface area contributed by atoms with Crippen molar-refractivity contribution in [1.82, 2.24) is 4.90 Å². The van der Waals surface area contributed by atoms with Gasteiger partial charge in [-0.15, -0.1) is 0 Å². The quantitative estimate of drug-likeness (QED) is 0.661. The van der Waals surface area contributed by atoms with Crippen molar-refractivity contribution in [2.45, 2.75) is 63.8 Å². The third-order valence-electron chi connectivity index (χ3n) is 3.08. The largest absolute Gasteiger partial charge is 0.444 e. The van der Waals surface area contributed by atoms with Crippen molar-refractivity contribution in [2.24, 2.45) is 5.73 Å². The minimum Gasteiger partial charge on any atom is -0.444 e. The van der Waals surface area contributed by atoms with Gasteiger partial charge in [0.2, 0.25) is 0 Å². The highest BCUT2D eigenvalue weighted by Crippen LogP contribution is 2.38. The van der Waals surface area contributed by atoms with E-state index in [1.54, 1.807) is 0 Å². The number of piperidine rings is 1. The molecule has 4 nitrogen and oxygen atoms in total. The molecule has 2 aliphatic heterocycles. The number of carbonyl (C=O) groups excluding carboxylic acids is 1. The van der Waals surface area contributed by atoms with Crippen LogP contribution in [0.25, 0.3) is 0 Å². The molecule has 2 unspecified atom stereocenters. The van der Waals surface area contributed by atoms with Crippen LogP contribution in [0.5, 0.6) is 0 Å². The topological polar surface area (TPSA) is 55.6 Å². The first-order chi connectivity index (χ1) is 6.87. The van der Waals surface area contributed by atoms with E-state index in [4.69, 9.17) is 10.5 Å². The fourth-order valence-electron chi connectivity index (χ4n) is 2.53. The van der Waals surface area contributed by atoms with Crippen molar-refractivity contribution in [3.05, 3.63) is 0 Å². The Labute approximate surface area is 90.8 Å². The minimum absolute atomic E-state index is 0.171. The van der Waals surface area contributed by atoms with Crippen LogP contribution in [0.2, 0.25) is 0 Å². The maximum absolute atomic E-state index is 11.8. The Morgan fingerprint density at radius 2 is 1.80 bits per heavy atom. The van der Waals surface area contributed by atoms with Crippen molar-refractivity contribution in [2.75, 3.05) is 0 Å². The van der Waals surface area contributed by atoms with Crippen LogP contribution in [0.3, 0.4) is 0 Å². The first kappa shape index (κ1) is 10.7. The highest BCUT2D eigenvalue weighted by Gasteiger charge is 2.48. The van der Waals surface area contributed by atoms with Crippen molar-refractivity contribution in [3.8, 4) is 0 Å². The van der Waals surface area contributed by atoms with Crippen LogP contribution in [-0.2, 0) is 4.74 Å². The van der Waals surface area contributed by atoms with Gasteiger partial charge in [0.25, 0.3) is 0 Å². The van der Waals surface area contributed by atoms with E-state index in [0.717, 1.165) is 19.3 Å². The Morgan fingerprint density at radius 1 is 1.27 bits per heavy atom. The highest BCUT2D eigenvalue weighted by atomic mass is 16.6. The molecule has 4 heteroatoms. The average molecular weight is 212 g/mol. The molecule has 1 aliphatic carbocycles. The molecule has 3 aliphatic rings. The van der Waals surface area contributed by atoms with E-state index in [9.17, 15) is 4.79 Å². The Morgan fingerprint density at radius 3 is 2.27 bits per heavy atom. The first-order valence-corrected chi connectivity index (χ1v) is 5.64. The van der Waals surface area contributed by atoms with Gasteiger partial charge < -0.3 is 15.4 Å². The van der Waals surface area contributed by atoms with E-state index in [-0.39, 0.29) is 12.1 Å². The van der Waals surface area contributed by atoms with E-state index >= 15 is 0 Å². The molecule has 2 N–H and O–H groups in total. The van der Waals surface area contributed by atoms with E-state index < -0.39 is 5.60 Å². The average Bonchev–Trinajstić information content (AvgIpc) is 1.98. The lowest BCUT2D eigenvalue weighted by Gasteiger charge is -2.54. The number of hydrogen-bond donors (Lipinski definition) is 1. The molecule has 2 saturated heterocycles. The van der Waals surface area contributed by atoms with Gasteiger partial charge in [0, 0.05) is 18.1 Å². The van der Waals surface area contributed by atoms with Gasteiger partial charge in [0.1, 0.15) is 5.60 Å². The monoisotopic (exact) mass is 212 g/mol. The summed E-state index contributed by atoms with van der Waals surface area (Å²) in [7, 11) is 0. The van der Waals surface area contributed by atoms with E-state index in [1.165, 1.54) is 0 Å². The second-order valence-electron chi connectivity index (χ2n) is 5.66. The molecule has 1 saturated carbocycles. The number of nitrogens with two attached hydrogens (primary N) is 1. The lowest BCUT2D eigenvalue weighted by Crippen LogP contribution is -2.65. The van der Waals surface area contributed by atoms with Crippen molar-refractivity contribution in [1.29, 1.82) is 0 Å². The number of amides is 1. The zero-order chi connectivity index (χ0) is 11.2. The molecule has 1 amide bonds. The molecule has 2 atom stereocenters. The molecule has 0 radical (unpaired) electrons. The van der Waals surface area contributed by atoms with Crippen LogP contribution in [-0.4, -0.2) is 34.7 Å². The van der Waals surface area contributed by atoms with Gasteiger partial charge in [-0.05, 0) is 40.0 Å². The normalized spacial score (nSPS) is 34.7. The molecule has 2 heterocycles. The summed E-state index contributed by atoms with van der Waals surface area (Å²) in [6, 6.07) is 0.926. The summed E-state index contributed by atoms with van der Waals surface area (Å²) in [5.74, 6) is 0. The SMILES string of the molecule is CC(C)(C)OC(=O)N1C2CC(N)CC1C2. The molecular formula is C11H20N2O2. The van der Waals surface area contributed by atoms with Crippen molar-refractivity contribution < 1.29 is 9.53 Å². The van der Waals surface area contributed by atoms with Crippen LogP contribution in [0.4, 0.5) is 4.79 Å². The third-order valence-corrected chi connectivity index (χ3v) is 3.08. The van der Waals surface area contributed by atoms with Crippen molar-refractivity contribution >= 4 is 6.09 Å². The van der Waals surface area contributed by atoms with Gasteiger partial charge in [0.05, 0.1) is 0 Å². The molecule has 0 aromatic rings. The van der Waals surface area contributed by atoms with Crippen molar-refractivity contribution in [3.63, 3.8) is 0 Å².